The predicted molar refractivity (Wildman–Crippen MR) is 98.6 cm³/mol. The summed E-state index contributed by atoms with van der Waals surface area (Å²) in [6, 6.07) is 3.83. The molecule has 0 spiro atoms. The molecule has 1 aliphatic rings. The Labute approximate surface area is 157 Å². The number of halogens is 2. The monoisotopic (exact) mass is 390 g/mol. The molecule has 1 aliphatic heterocycles. The van der Waals surface area contributed by atoms with Crippen molar-refractivity contribution in [3.05, 3.63) is 34.9 Å². The predicted octanol–water partition coefficient (Wildman–Crippen LogP) is 2.17. The van der Waals surface area contributed by atoms with Gasteiger partial charge in [-0.1, -0.05) is 0 Å². The van der Waals surface area contributed by atoms with Gasteiger partial charge in [0, 0.05) is 29.9 Å². The van der Waals surface area contributed by atoms with Crippen LogP contribution in [0.5, 0.6) is 0 Å². The Bertz CT molecular complexity index is 641. The molecule has 0 saturated carbocycles. The van der Waals surface area contributed by atoms with E-state index in [4.69, 9.17) is 10.5 Å². The summed E-state index contributed by atoms with van der Waals surface area (Å²) in [5.74, 6) is -0.0865. The van der Waals surface area contributed by atoms with Crippen LogP contribution in [0.1, 0.15) is 17.8 Å². The summed E-state index contributed by atoms with van der Waals surface area (Å²) in [6.45, 7) is 0.882. The number of carbonyl (C=O) groups is 1. The van der Waals surface area contributed by atoms with Crippen molar-refractivity contribution >= 4 is 42.1 Å². The number of nitrogens with zero attached hydrogens (tertiary/aromatic N) is 2. The second-order valence-electron chi connectivity index (χ2n) is 5.14. The number of nitrogens with two attached hydrogens (primary N) is 1. The molecule has 132 valence electrons. The number of amides is 1. The molecule has 6 nitrogen and oxygen atoms in total. The number of ether oxygens (including phenoxy) is 1. The summed E-state index contributed by atoms with van der Waals surface area (Å²) < 4.78 is 5.57. The molecule has 3 heterocycles. The van der Waals surface area contributed by atoms with Crippen LogP contribution >= 0.6 is 36.2 Å². The molecule has 0 aromatic carbocycles. The van der Waals surface area contributed by atoms with Crippen LogP contribution in [-0.4, -0.2) is 34.6 Å². The Morgan fingerprint density at radius 1 is 1.33 bits per heavy atom. The van der Waals surface area contributed by atoms with Gasteiger partial charge < -0.3 is 15.8 Å². The third kappa shape index (κ3) is 5.12. The highest BCUT2D eigenvalue weighted by atomic mass is 35.5. The minimum Gasteiger partial charge on any atom is -0.364 e. The van der Waals surface area contributed by atoms with Crippen LogP contribution in [0.15, 0.2) is 29.9 Å². The molecule has 9 heteroatoms. The topological polar surface area (TPSA) is 90.1 Å². The van der Waals surface area contributed by atoms with E-state index in [1.807, 2.05) is 17.5 Å². The first-order valence-electron chi connectivity index (χ1n) is 7.24. The Kier molecular flexibility index (Phi) is 8.58. The van der Waals surface area contributed by atoms with Crippen LogP contribution < -0.4 is 11.1 Å². The van der Waals surface area contributed by atoms with Crippen LogP contribution in [-0.2, 0) is 16.1 Å². The van der Waals surface area contributed by atoms with Gasteiger partial charge >= 0.3 is 0 Å². The number of carbonyl (C=O) groups excluding carboxylic acids is 1. The van der Waals surface area contributed by atoms with Crippen LogP contribution in [0.4, 0.5) is 0 Å². The van der Waals surface area contributed by atoms with Crippen molar-refractivity contribution in [2.24, 2.45) is 5.73 Å². The van der Waals surface area contributed by atoms with Crippen molar-refractivity contribution in [1.82, 2.24) is 15.3 Å². The van der Waals surface area contributed by atoms with Crippen LogP contribution in [0.2, 0.25) is 0 Å². The molecule has 1 amide bonds. The first-order chi connectivity index (χ1) is 10.8. The minimum atomic E-state index is -0.381. The summed E-state index contributed by atoms with van der Waals surface area (Å²) in [4.78, 5) is 20.6. The highest BCUT2D eigenvalue weighted by Crippen LogP contribution is 2.22. The minimum absolute atomic E-state index is 0. The zero-order valence-electron chi connectivity index (χ0n) is 12.9. The van der Waals surface area contributed by atoms with Crippen LogP contribution in [0.25, 0.3) is 11.3 Å². The molecule has 3 N–H and O–H groups in total. The second-order valence-corrected chi connectivity index (χ2v) is 6.08. The Morgan fingerprint density at radius 3 is 2.75 bits per heavy atom. The van der Waals surface area contributed by atoms with Crippen molar-refractivity contribution in [2.45, 2.75) is 31.6 Å². The van der Waals surface area contributed by atoms with E-state index in [0.29, 0.717) is 13.1 Å². The average Bonchev–Trinajstić information content (AvgIpc) is 3.22. The Hall–Kier alpha value is -1.25. The molecule has 2 aromatic rings. The number of hydrogen-bond acceptors (Lipinski definition) is 6. The van der Waals surface area contributed by atoms with Crippen LogP contribution in [0.3, 0.4) is 0 Å². The van der Waals surface area contributed by atoms with E-state index in [1.165, 1.54) is 11.3 Å². The van der Waals surface area contributed by atoms with Gasteiger partial charge in [-0.3, -0.25) is 9.78 Å². The van der Waals surface area contributed by atoms with Gasteiger partial charge in [0.1, 0.15) is 11.1 Å². The summed E-state index contributed by atoms with van der Waals surface area (Å²) in [5, 5.41) is 5.73. The molecule has 1 saturated heterocycles. The first kappa shape index (κ1) is 20.8. The third-order valence-electron chi connectivity index (χ3n) is 3.60. The van der Waals surface area contributed by atoms with Crippen molar-refractivity contribution in [2.75, 3.05) is 6.54 Å². The fraction of sp³-hybridized carbons (Fsp3) is 0.400. The Morgan fingerprint density at radius 2 is 2.08 bits per heavy atom. The zero-order valence-corrected chi connectivity index (χ0v) is 15.3. The molecule has 0 radical (unpaired) electrons. The van der Waals surface area contributed by atoms with E-state index in [1.54, 1.807) is 12.4 Å². The lowest BCUT2D eigenvalue weighted by molar-refractivity contribution is -0.132. The zero-order chi connectivity index (χ0) is 15.4. The molecular formula is C15H20Cl2N4O2S. The largest absolute Gasteiger partial charge is 0.364 e. The maximum absolute atomic E-state index is 12.0. The SMILES string of the molecule is Cl.Cl.NC[C@H]1CC[C@@H](C(=O)NCc2nc(-c3ccncc3)cs2)O1. The summed E-state index contributed by atoms with van der Waals surface area (Å²) in [7, 11) is 0. The molecule has 24 heavy (non-hydrogen) atoms. The van der Waals surface area contributed by atoms with E-state index in [0.717, 1.165) is 29.1 Å². The summed E-state index contributed by atoms with van der Waals surface area (Å²) in [5.41, 5.74) is 7.47. The Balaban J connectivity index is 0.00000144. The van der Waals surface area contributed by atoms with E-state index in [9.17, 15) is 4.79 Å². The maximum atomic E-state index is 12.0. The first-order valence-corrected chi connectivity index (χ1v) is 8.12. The number of aromatic nitrogens is 2. The number of thiazole rings is 1. The second kappa shape index (κ2) is 9.90. The molecule has 2 aromatic heterocycles. The lowest BCUT2D eigenvalue weighted by Gasteiger charge is -2.11. The van der Waals surface area contributed by atoms with Crippen molar-refractivity contribution in [1.29, 1.82) is 0 Å². The van der Waals surface area contributed by atoms with E-state index in [-0.39, 0.29) is 42.9 Å². The van der Waals surface area contributed by atoms with Crippen molar-refractivity contribution in [3.8, 4) is 11.3 Å². The lowest BCUT2D eigenvalue weighted by Crippen LogP contribution is -2.35. The van der Waals surface area contributed by atoms with E-state index in [2.05, 4.69) is 15.3 Å². The van der Waals surface area contributed by atoms with Crippen LogP contribution in [0, 0.1) is 0 Å². The molecule has 0 unspecified atom stereocenters. The molecule has 1 fully saturated rings. The fourth-order valence-corrected chi connectivity index (χ4v) is 3.14. The van der Waals surface area contributed by atoms with Crippen molar-refractivity contribution < 1.29 is 9.53 Å². The van der Waals surface area contributed by atoms with Crippen molar-refractivity contribution in [3.63, 3.8) is 0 Å². The number of hydrogen-bond donors (Lipinski definition) is 2. The van der Waals surface area contributed by atoms with Gasteiger partial charge in [0.05, 0.1) is 18.3 Å². The van der Waals surface area contributed by atoms with Gasteiger partial charge in [0.25, 0.3) is 0 Å². The highest BCUT2D eigenvalue weighted by Gasteiger charge is 2.29. The van der Waals surface area contributed by atoms with Gasteiger partial charge in [-0.2, -0.15) is 0 Å². The quantitative estimate of drug-likeness (QED) is 0.816. The average molecular weight is 391 g/mol. The normalized spacial score (nSPS) is 19.2. The summed E-state index contributed by atoms with van der Waals surface area (Å²) in [6.07, 6.45) is 4.68. The molecular weight excluding hydrogens is 371 g/mol. The highest BCUT2D eigenvalue weighted by molar-refractivity contribution is 7.09. The van der Waals surface area contributed by atoms with Gasteiger partial charge in [0.2, 0.25) is 5.91 Å². The molecule has 0 bridgehead atoms. The standard InChI is InChI=1S/C15H18N4O2S.2ClH/c16-7-11-1-2-13(21-11)15(20)18-8-14-19-12(9-22-14)10-3-5-17-6-4-10;;/h3-6,9,11,13H,1-2,7-8,16H2,(H,18,20);2*1H/t11-,13+;;/m1../s1. The van der Waals surface area contributed by atoms with Gasteiger partial charge in [0.15, 0.2) is 0 Å². The number of rotatable bonds is 5. The molecule has 2 atom stereocenters. The number of nitrogens with one attached hydrogen (secondary N) is 1. The molecule has 0 aliphatic carbocycles. The molecule has 3 rings (SSSR count). The number of pyridine rings is 1. The third-order valence-corrected chi connectivity index (χ3v) is 4.45. The van der Waals surface area contributed by atoms with E-state index >= 15 is 0 Å². The fourth-order valence-electron chi connectivity index (χ4n) is 2.40. The van der Waals surface area contributed by atoms with E-state index < -0.39 is 0 Å². The smallest absolute Gasteiger partial charge is 0.249 e. The van der Waals surface area contributed by atoms with Gasteiger partial charge in [-0.25, -0.2) is 4.98 Å². The van der Waals surface area contributed by atoms with Gasteiger partial charge in [-0.05, 0) is 25.0 Å². The maximum Gasteiger partial charge on any atom is 0.249 e. The summed E-state index contributed by atoms with van der Waals surface area (Å²) >= 11 is 1.53. The van der Waals surface area contributed by atoms with Gasteiger partial charge in [-0.15, -0.1) is 36.2 Å². The lowest BCUT2D eigenvalue weighted by atomic mass is 10.2.